The van der Waals surface area contributed by atoms with Crippen LogP contribution in [0.25, 0.3) is 5.65 Å². The van der Waals surface area contributed by atoms with Gasteiger partial charge in [-0.2, -0.15) is 0 Å². The van der Waals surface area contributed by atoms with E-state index in [2.05, 4.69) is 9.97 Å². The van der Waals surface area contributed by atoms with Crippen LogP contribution in [0, 0.1) is 6.92 Å². The molecule has 2 rings (SSSR count). The lowest BCUT2D eigenvalue weighted by atomic mass is 10.4. The van der Waals surface area contributed by atoms with Crippen LogP contribution < -0.4 is 0 Å². The molecule has 0 aliphatic rings. The van der Waals surface area contributed by atoms with E-state index in [-0.39, 0.29) is 0 Å². The molecule has 0 aromatic carbocycles. The third-order valence-corrected chi connectivity index (χ3v) is 1.39. The predicted molar refractivity (Wildman–Crippen MR) is 49.1 cm³/mol. The molecule has 3 heteroatoms. The summed E-state index contributed by atoms with van der Waals surface area (Å²) in [5.74, 6) is 0. The fraction of sp³-hybridized carbons (Fsp3) is 0.333. The van der Waals surface area contributed by atoms with Gasteiger partial charge in [0, 0.05) is 12.4 Å². The summed E-state index contributed by atoms with van der Waals surface area (Å²) in [6.07, 6.45) is 7.31. The van der Waals surface area contributed by atoms with Crippen LogP contribution in [0.5, 0.6) is 0 Å². The van der Waals surface area contributed by atoms with Crippen LogP contribution in [0.2, 0.25) is 0 Å². The van der Waals surface area contributed by atoms with Gasteiger partial charge in [-0.3, -0.25) is 4.40 Å². The third kappa shape index (κ3) is 1.61. The molecule has 0 bridgehead atoms. The second-order valence-electron chi connectivity index (χ2n) is 2.29. The number of rotatable bonds is 0. The summed E-state index contributed by atoms with van der Waals surface area (Å²) in [6, 6.07) is 0. The van der Waals surface area contributed by atoms with Crippen molar-refractivity contribution in [2.24, 2.45) is 0 Å². The number of hydrogen-bond donors (Lipinski definition) is 0. The Kier molecular flexibility index (Phi) is 2.80. The highest BCUT2D eigenvalue weighted by molar-refractivity contribution is 5.34. The van der Waals surface area contributed by atoms with E-state index in [1.54, 1.807) is 12.5 Å². The Morgan fingerprint density at radius 1 is 1.25 bits per heavy atom. The molecule has 0 fully saturated rings. The zero-order valence-corrected chi connectivity index (χ0v) is 7.65. The van der Waals surface area contributed by atoms with Crippen molar-refractivity contribution in [3.05, 3.63) is 30.5 Å². The smallest absolute Gasteiger partial charge is 0.156 e. The molecule has 0 saturated heterocycles. The standard InChI is InChI=1S/C7H7N3.C2H6/c1-6-2-9-7-3-8-5-10(7)4-6;1-2/h2-5H,1H3;1-2H3. The minimum absolute atomic E-state index is 0.894. The minimum Gasteiger partial charge on any atom is -0.290 e. The van der Waals surface area contributed by atoms with E-state index < -0.39 is 0 Å². The summed E-state index contributed by atoms with van der Waals surface area (Å²) in [5, 5.41) is 0. The predicted octanol–water partition coefficient (Wildman–Crippen LogP) is 2.06. The summed E-state index contributed by atoms with van der Waals surface area (Å²) >= 11 is 0. The van der Waals surface area contributed by atoms with Crippen LogP contribution in [-0.2, 0) is 0 Å². The Morgan fingerprint density at radius 2 is 2.00 bits per heavy atom. The molecular formula is C9H13N3. The summed E-state index contributed by atoms with van der Waals surface area (Å²) in [4.78, 5) is 8.08. The van der Waals surface area contributed by atoms with Crippen molar-refractivity contribution >= 4 is 5.65 Å². The Labute approximate surface area is 72.1 Å². The van der Waals surface area contributed by atoms with Crippen LogP contribution >= 0.6 is 0 Å². The normalized spacial score (nSPS) is 9.25. The lowest BCUT2D eigenvalue weighted by Gasteiger charge is -1.92. The Hall–Kier alpha value is -1.38. The highest BCUT2D eigenvalue weighted by atomic mass is 15.0. The molecule has 0 radical (unpaired) electrons. The number of fused-ring (bicyclic) bond motifs is 1. The van der Waals surface area contributed by atoms with E-state index in [0.717, 1.165) is 11.2 Å². The number of nitrogens with zero attached hydrogens (tertiary/aromatic N) is 3. The maximum atomic E-state index is 4.14. The summed E-state index contributed by atoms with van der Waals surface area (Å²) in [6.45, 7) is 6.01. The molecule has 0 spiro atoms. The molecule has 2 aromatic heterocycles. The molecule has 2 aromatic rings. The van der Waals surface area contributed by atoms with Gasteiger partial charge in [0.15, 0.2) is 5.65 Å². The van der Waals surface area contributed by atoms with E-state index in [4.69, 9.17) is 0 Å². The van der Waals surface area contributed by atoms with Gasteiger partial charge < -0.3 is 0 Å². The number of hydrogen-bond acceptors (Lipinski definition) is 2. The second-order valence-corrected chi connectivity index (χ2v) is 2.29. The maximum Gasteiger partial charge on any atom is 0.156 e. The number of aryl methyl sites for hydroxylation is 1. The van der Waals surface area contributed by atoms with Crippen molar-refractivity contribution < 1.29 is 0 Å². The van der Waals surface area contributed by atoms with Crippen molar-refractivity contribution in [1.82, 2.24) is 14.4 Å². The molecular weight excluding hydrogens is 150 g/mol. The fourth-order valence-electron chi connectivity index (χ4n) is 0.918. The van der Waals surface area contributed by atoms with E-state index in [1.807, 2.05) is 37.6 Å². The second kappa shape index (κ2) is 3.85. The topological polar surface area (TPSA) is 30.2 Å². The van der Waals surface area contributed by atoms with Crippen molar-refractivity contribution in [3.8, 4) is 0 Å². The van der Waals surface area contributed by atoms with E-state index in [0.29, 0.717) is 0 Å². The monoisotopic (exact) mass is 163 g/mol. The molecule has 12 heavy (non-hydrogen) atoms. The number of aromatic nitrogens is 3. The fourth-order valence-corrected chi connectivity index (χ4v) is 0.918. The molecule has 3 nitrogen and oxygen atoms in total. The first-order chi connectivity index (χ1) is 5.86. The van der Waals surface area contributed by atoms with Gasteiger partial charge in [-0.25, -0.2) is 9.97 Å². The highest BCUT2D eigenvalue weighted by Crippen LogP contribution is 1.98. The summed E-state index contributed by atoms with van der Waals surface area (Å²) in [7, 11) is 0. The van der Waals surface area contributed by atoms with Crippen LogP contribution in [0.1, 0.15) is 19.4 Å². The van der Waals surface area contributed by atoms with Gasteiger partial charge in [-0.15, -0.1) is 0 Å². The minimum atomic E-state index is 0.894. The highest BCUT2D eigenvalue weighted by Gasteiger charge is 1.91. The zero-order valence-electron chi connectivity index (χ0n) is 7.65. The van der Waals surface area contributed by atoms with Crippen molar-refractivity contribution in [1.29, 1.82) is 0 Å². The quantitative estimate of drug-likeness (QED) is 0.595. The first-order valence-corrected chi connectivity index (χ1v) is 4.10. The van der Waals surface area contributed by atoms with Gasteiger partial charge in [0.2, 0.25) is 0 Å². The average molecular weight is 163 g/mol. The maximum absolute atomic E-state index is 4.14. The SMILES string of the molecule is CC.Cc1cnc2cncn2c1. The van der Waals surface area contributed by atoms with Crippen LogP contribution in [-0.4, -0.2) is 14.4 Å². The van der Waals surface area contributed by atoms with Crippen LogP contribution in [0.4, 0.5) is 0 Å². The summed E-state index contributed by atoms with van der Waals surface area (Å²) < 4.78 is 1.90. The van der Waals surface area contributed by atoms with Crippen molar-refractivity contribution in [2.45, 2.75) is 20.8 Å². The molecule has 0 unspecified atom stereocenters. The van der Waals surface area contributed by atoms with Gasteiger partial charge in [0.25, 0.3) is 0 Å². The van der Waals surface area contributed by atoms with Gasteiger partial charge in [-0.05, 0) is 12.5 Å². The largest absolute Gasteiger partial charge is 0.290 e. The lowest BCUT2D eigenvalue weighted by Crippen LogP contribution is -1.85. The molecule has 0 saturated carbocycles. The molecule has 0 aliphatic heterocycles. The van der Waals surface area contributed by atoms with Crippen LogP contribution in [0.15, 0.2) is 24.9 Å². The lowest BCUT2D eigenvalue weighted by molar-refractivity contribution is 1.08. The molecule has 0 amide bonds. The molecule has 2 heterocycles. The summed E-state index contributed by atoms with van der Waals surface area (Å²) in [5.41, 5.74) is 2.04. The average Bonchev–Trinajstić information content (AvgIpc) is 2.54. The van der Waals surface area contributed by atoms with Gasteiger partial charge >= 0.3 is 0 Å². The zero-order chi connectivity index (χ0) is 8.97. The first-order valence-electron chi connectivity index (χ1n) is 4.10. The van der Waals surface area contributed by atoms with Crippen molar-refractivity contribution in [2.75, 3.05) is 0 Å². The third-order valence-electron chi connectivity index (χ3n) is 1.39. The molecule has 64 valence electrons. The Balaban J connectivity index is 0.000000336. The van der Waals surface area contributed by atoms with Gasteiger partial charge in [0.1, 0.15) is 6.33 Å². The van der Waals surface area contributed by atoms with E-state index >= 15 is 0 Å². The van der Waals surface area contributed by atoms with E-state index in [1.165, 1.54) is 0 Å². The molecule has 0 N–H and O–H groups in total. The Morgan fingerprint density at radius 3 is 2.75 bits per heavy atom. The van der Waals surface area contributed by atoms with E-state index in [9.17, 15) is 0 Å². The van der Waals surface area contributed by atoms with Crippen LogP contribution in [0.3, 0.4) is 0 Å². The van der Waals surface area contributed by atoms with Crippen molar-refractivity contribution in [3.63, 3.8) is 0 Å². The van der Waals surface area contributed by atoms with Gasteiger partial charge in [-0.1, -0.05) is 13.8 Å². The molecule has 0 atom stereocenters. The first kappa shape index (κ1) is 8.71. The Bertz CT molecular complexity index is 351. The number of imidazole rings is 1. The van der Waals surface area contributed by atoms with Gasteiger partial charge in [0.05, 0.1) is 6.20 Å². The molecule has 0 aliphatic carbocycles.